The normalized spacial score (nSPS) is 14.4. The molecule has 1 saturated heterocycles. The van der Waals surface area contributed by atoms with Gasteiger partial charge in [0.05, 0.1) is 18.6 Å². The number of nitrogens with zero attached hydrogens (tertiary/aromatic N) is 3. The Balaban J connectivity index is 1.57. The lowest BCUT2D eigenvalue weighted by molar-refractivity contribution is 0.0969. The highest BCUT2D eigenvalue weighted by atomic mass is 32.2. The Hall–Kier alpha value is -3.17. The zero-order valence-corrected chi connectivity index (χ0v) is 20.5. The van der Waals surface area contributed by atoms with E-state index in [1.54, 1.807) is 7.11 Å². The maximum atomic E-state index is 13.2. The second kappa shape index (κ2) is 9.60. The first-order chi connectivity index (χ1) is 16.2. The summed E-state index contributed by atoms with van der Waals surface area (Å²) in [6.07, 6.45) is 2.93. The minimum absolute atomic E-state index is 0.0341. The van der Waals surface area contributed by atoms with Crippen molar-refractivity contribution in [1.82, 2.24) is 13.4 Å². The predicted molar refractivity (Wildman–Crippen MR) is 129 cm³/mol. The number of rotatable bonds is 8. The number of pyridine rings is 1. The number of aryl methyl sites for hydroxylation is 1. The third-order valence-electron chi connectivity index (χ3n) is 6.35. The van der Waals surface area contributed by atoms with Gasteiger partial charge in [0.15, 0.2) is 5.78 Å². The standard InChI is InChI=1S/C25H29N3O5S/c1-18-14-23(19(2)28(18)15-20-6-8-21(33-3)9-7-20)24(29)17-26-16-22(10-11-25(26)30)34(31,32)27-12-4-5-13-27/h6-11,14,16H,4-5,12-13,15,17H2,1-3H3. The Morgan fingerprint density at radius 3 is 2.35 bits per heavy atom. The SMILES string of the molecule is COc1ccc(Cn2c(C)cc(C(=O)Cn3cc(S(=O)(=O)N4CCCC4)ccc3=O)c2C)cc1. The van der Waals surface area contributed by atoms with Gasteiger partial charge < -0.3 is 13.9 Å². The van der Waals surface area contributed by atoms with E-state index < -0.39 is 15.6 Å². The fraction of sp³-hybridized carbons (Fsp3) is 0.360. The molecular weight excluding hydrogens is 454 g/mol. The van der Waals surface area contributed by atoms with Gasteiger partial charge in [-0.2, -0.15) is 4.31 Å². The van der Waals surface area contributed by atoms with Gasteiger partial charge in [-0.05, 0) is 56.5 Å². The molecule has 0 spiro atoms. The summed E-state index contributed by atoms with van der Waals surface area (Å²) in [6, 6.07) is 12.1. The van der Waals surface area contributed by atoms with Crippen LogP contribution in [0.25, 0.3) is 0 Å². The second-order valence-electron chi connectivity index (χ2n) is 8.58. The molecule has 4 rings (SSSR count). The van der Waals surface area contributed by atoms with Gasteiger partial charge in [-0.1, -0.05) is 12.1 Å². The molecule has 34 heavy (non-hydrogen) atoms. The second-order valence-corrected chi connectivity index (χ2v) is 10.5. The topological polar surface area (TPSA) is 90.6 Å². The smallest absolute Gasteiger partial charge is 0.251 e. The average Bonchev–Trinajstić information content (AvgIpc) is 3.46. The van der Waals surface area contributed by atoms with Crippen molar-refractivity contribution < 1.29 is 17.9 Å². The van der Waals surface area contributed by atoms with E-state index in [1.807, 2.05) is 48.7 Å². The molecule has 1 aromatic carbocycles. The number of carbonyl (C=O) groups excluding carboxylic acids is 1. The lowest BCUT2D eigenvalue weighted by atomic mass is 10.1. The molecule has 0 atom stereocenters. The maximum absolute atomic E-state index is 13.2. The molecule has 0 saturated carbocycles. The Morgan fingerprint density at radius 1 is 1.03 bits per heavy atom. The number of sulfonamides is 1. The van der Waals surface area contributed by atoms with Gasteiger partial charge in [0, 0.05) is 48.8 Å². The minimum Gasteiger partial charge on any atom is -0.497 e. The molecule has 0 N–H and O–H groups in total. The number of ketones is 1. The first-order valence-electron chi connectivity index (χ1n) is 11.2. The van der Waals surface area contributed by atoms with E-state index in [4.69, 9.17) is 4.74 Å². The van der Waals surface area contributed by atoms with Crippen LogP contribution in [0.3, 0.4) is 0 Å². The van der Waals surface area contributed by atoms with Crippen molar-refractivity contribution in [3.05, 3.63) is 81.5 Å². The molecule has 0 unspecified atom stereocenters. The van der Waals surface area contributed by atoms with Gasteiger partial charge in [0.1, 0.15) is 5.75 Å². The van der Waals surface area contributed by atoms with Crippen LogP contribution in [0.4, 0.5) is 0 Å². The van der Waals surface area contributed by atoms with Crippen LogP contribution in [0.15, 0.2) is 58.4 Å². The van der Waals surface area contributed by atoms with E-state index in [0.717, 1.165) is 35.5 Å². The number of methoxy groups -OCH3 is 1. The summed E-state index contributed by atoms with van der Waals surface area (Å²) in [5.74, 6) is 0.534. The molecule has 1 aliphatic rings. The van der Waals surface area contributed by atoms with E-state index in [9.17, 15) is 18.0 Å². The quantitative estimate of drug-likeness (QED) is 0.460. The largest absolute Gasteiger partial charge is 0.497 e. The van der Waals surface area contributed by atoms with Crippen LogP contribution < -0.4 is 10.3 Å². The zero-order chi connectivity index (χ0) is 24.5. The molecule has 3 aromatic rings. The lowest BCUT2D eigenvalue weighted by Crippen LogP contribution is -2.30. The maximum Gasteiger partial charge on any atom is 0.251 e. The average molecular weight is 484 g/mol. The van der Waals surface area contributed by atoms with E-state index in [0.29, 0.717) is 25.2 Å². The van der Waals surface area contributed by atoms with Crippen LogP contribution in [0, 0.1) is 13.8 Å². The molecule has 1 fully saturated rings. The Morgan fingerprint density at radius 2 is 1.71 bits per heavy atom. The monoisotopic (exact) mass is 483 g/mol. The highest BCUT2D eigenvalue weighted by Gasteiger charge is 2.28. The van der Waals surface area contributed by atoms with Gasteiger partial charge in [-0.3, -0.25) is 9.59 Å². The van der Waals surface area contributed by atoms with Gasteiger partial charge in [-0.25, -0.2) is 8.42 Å². The van der Waals surface area contributed by atoms with Crippen LogP contribution in [-0.2, 0) is 23.1 Å². The number of carbonyl (C=O) groups is 1. The third kappa shape index (κ3) is 4.71. The molecule has 0 aliphatic carbocycles. The number of benzene rings is 1. The molecular formula is C25H29N3O5S. The number of ether oxygens (including phenoxy) is 1. The van der Waals surface area contributed by atoms with E-state index in [-0.39, 0.29) is 17.2 Å². The molecule has 0 radical (unpaired) electrons. The predicted octanol–water partition coefficient (Wildman–Crippen LogP) is 2.99. The molecule has 9 heteroatoms. The first-order valence-corrected chi connectivity index (χ1v) is 12.7. The number of aromatic nitrogens is 2. The minimum atomic E-state index is -3.68. The summed E-state index contributed by atoms with van der Waals surface area (Å²) >= 11 is 0. The van der Waals surface area contributed by atoms with Crippen molar-refractivity contribution in [3.63, 3.8) is 0 Å². The van der Waals surface area contributed by atoms with Gasteiger partial charge >= 0.3 is 0 Å². The number of Topliss-reactive ketones (excluding diaryl/α,β-unsaturated/α-hetero) is 1. The summed E-state index contributed by atoms with van der Waals surface area (Å²) < 4.78 is 35.6. The van der Waals surface area contributed by atoms with Crippen LogP contribution in [-0.4, -0.2) is 47.8 Å². The lowest BCUT2D eigenvalue weighted by Gasteiger charge is -2.16. The Labute approximate surface area is 199 Å². The fourth-order valence-electron chi connectivity index (χ4n) is 4.34. The summed E-state index contributed by atoms with van der Waals surface area (Å²) in [5, 5.41) is 0. The van der Waals surface area contributed by atoms with Crippen LogP contribution in [0.5, 0.6) is 5.75 Å². The summed E-state index contributed by atoms with van der Waals surface area (Å²) in [6.45, 7) is 5.12. The van der Waals surface area contributed by atoms with Crippen molar-refractivity contribution in [2.75, 3.05) is 20.2 Å². The first kappa shape index (κ1) is 24.0. The van der Waals surface area contributed by atoms with Crippen molar-refractivity contribution in [3.8, 4) is 5.75 Å². The third-order valence-corrected chi connectivity index (χ3v) is 8.23. The molecule has 1 aliphatic heterocycles. The van der Waals surface area contributed by atoms with Gasteiger partial charge in [-0.15, -0.1) is 0 Å². The van der Waals surface area contributed by atoms with Gasteiger partial charge in [0.2, 0.25) is 10.0 Å². The van der Waals surface area contributed by atoms with Gasteiger partial charge in [0.25, 0.3) is 5.56 Å². The van der Waals surface area contributed by atoms with E-state index in [1.165, 1.54) is 27.2 Å². The van der Waals surface area contributed by atoms with Crippen molar-refractivity contribution in [2.45, 2.75) is 44.7 Å². The highest BCUT2D eigenvalue weighted by Crippen LogP contribution is 2.21. The molecule has 2 aromatic heterocycles. The Kier molecular flexibility index (Phi) is 6.77. The Bertz CT molecular complexity index is 1360. The molecule has 8 nitrogen and oxygen atoms in total. The van der Waals surface area contributed by atoms with Crippen LogP contribution in [0.2, 0.25) is 0 Å². The number of hydrogen-bond donors (Lipinski definition) is 0. The van der Waals surface area contributed by atoms with Crippen molar-refractivity contribution >= 4 is 15.8 Å². The van der Waals surface area contributed by atoms with Crippen LogP contribution in [0.1, 0.15) is 40.2 Å². The summed E-state index contributed by atoms with van der Waals surface area (Å²) in [4.78, 5) is 25.6. The van der Waals surface area contributed by atoms with E-state index in [2.05, 4.69) is 0 Å². The molecule has 180 valence electrons. The number of hydrogen-bond acceptors (Lipinski definition) is 5. The molecule has 0 bridgehead atoms. The fourth-order valence-corrected chi connectivity index (χ4v) is 5.88. The van der Waals surface area contributed by atoms with Crippen molar-refractivity contribution in [1.29, 1.82) is 0 Å². The molecule has 3 heterocycles. The summed E-state index contributed by atoms with van der Waals surface area (Å²) in [7, 11) is -2.06. The van der Waals surface area contributed by atoms with Crippen molar-refractivity contribution in [2.24, 2.45) is 0 Å². The molecule has 0 amide bonds. The zero-order valence-electron chi connectivity index (χ0n) is 19.7. The summed E-state index contributed by atoms with van der Waals surface area (Å²) in [5.41, 5.74) is 2.89. The van der Waals surface area contributed by atoms with E-state index >= 15 is 0 Å². The van der Waals surface area contributed by atoms with Crippen LogP contribution >= 0.6 is 0 Å². The highest BCUT2D eigenvalue weighted by molar-refractivity contribution is 7.89.